The zero-order valence-corrected chi connectivity index (χ0v) is 15.3. The van der Waals surface area contributed by atoms with Crippen LogP contribution in [0.4, 0.5) is 0 Å². The molecule has 0 aliphatic heterocycles. The second kappa shape index (κ2) is 10.5. The predicted molar refractivity (Wildman–Crippen MR) is 90.3 cm³/mol. The molecule has 1 atom stereocenters. The molecule has 0 rings (SSSR count). The number of ether oxygens (including phenoxy) is 3. The van der Waals surface area contributed by atoms with Crippen molar-refractivity contribution in [3.63, 3.8) is 0 Å². The molecule has 8 heteroatoms. The minimum absolute atomic E-state index is 0.0298. The van der Waals surface area contributed by atoms with Crippen LogP contribution >= 0.6 is 11.8 Å². The van der Waals surface area contributed by atoms with Crippen LogP contribution in [0.3, 0.4) is 0 Å². The predicted octanol–water partition coefficient (Wildman–Crippen LogP) is 1.79. The molecule has 134 valence electrons. The van der Waals surface area contributed by atoms with Crippen LogP contribution in [0.25, 0.3) is 0 Å². The van der Waals surface area contributed by atoms with Crippen LogP contribution in [0.5, 0.6) is 0 Å². The Morgan fingerprint density at radius 3 is 2.26 bits per heavy atom. The molecule has 0 spiro atoms. The van der Waals surface area contributed by atoms with Gasteiger partial charge in [0.2, 0.25) is 0 Å². The Balaban J connectivity index is 4.65. The zero-order valence-electron chi connectivity index (χ0n) is 14.5. The van der Waals surface area contributed by atoms with E-state index in [2.05, 4.69) is 0 Å². The summed E-state index contributed by atoms with van der Waals surface area (Å²) in [5, 5.41) is 7.06. The smallest absolute Gasteiger partial charge is 0.317 e. The molecule has 0 saturated carbocycles. The van der Waals surface area contributed by atoms with Crippen molar-refractivity contribution >= 4 is 28.9 Å². The number of nitrogens with one attached hydrogen (secondary N) is 1. The number of rotatable bonds is 10. The molecule has 0 fully saturated rings. The number of thioether (sulfide) groups is 1. The maximum atomic E-state index is 12.3. The van der Waals surface area contributed by atoms with E-state index in [-0.39, 0.29) is 43.0 Å². The molecule has 0 heterocycles. The average molecular weight is 348 g/mol. The van der Waals surface area contributed by atoms with Crippen LogP contribution < -0.4 is 5.73 Å². The fourth-order valence-electron chi connectivity index (χ4n) is 1.37. The minimum Gasteiger partial charge on any atom is -0.464 e. The Bertz CT molecular complexity index is 415. The molecule has 1 unspecified atom stereocenters. The van der Waals surface area contributed by atoms with E-state index in [1.807, 2.05) is 13.8 Å². The number of esters is 2. The Labute approximate surface area is 142 Å². The van der Waals surface area contributed by atoms with Crippen LogP contribution in [0, 0.1) is 16.7 Å². The molecular weight excluding hydrogens is 320 g/mol. The topological polar surface area (TPSA) is 112 Å². The number of amidine groups is 1. The van der Waals surface area contributed by atoms with E-state index in [1.165, 1.54) is 0 Å². The van der Waals surface area contributed by atoms with Crippen molar-refractivity contribution in [2.45, 2.75) is 40.7 Å². The molecule has 0 aromatic heterocycles. The second-order valence-electron chi connectivity index (χ2n) is 6.03. The van der Waals surface area contributed by atoms with Gasteiger partial charge in [-0.15, -0.1) is 0 Å². The number of hydrogen-bond acceptors (Lipinski definition) is 7. The quantitative estimate of drug-likeness (QED) is 0.268. The van der Waals surface area contributed by atoms with Gasteiger partial charge in [0, 0.05) is 5.75 Å². The molecule has 0 aromatic rings. The highest BCUT2D eigenvalue weighted by Gasteiger charge is 2.37. The molecule has 23 heavy (non-hydrogen) atoms. The lowest BCUT2D eigenvalue weighted by Gasteiger charge is -2.28. The van der Waals surface area contributed by atoms with E-state index in [0.29, 0.717) is 5.75 Å². The van der Waals surface area contributed by atoms with Crippen molar-refractivity contribution in [3.05, 3.63) is 0 Å². The van der Waals surface area contributed by atoms with Crippen LogP contribution in [-0.2, 0) is 23.8 Å². The van der Waals surface area contributed by atoms with Gasteiger partial charge in [-0.05, 0) is 20.8 Å². The van der Waals surface area contributed by atoms with Crippen molar-refractivity contribution in [1.82, 2.24) is 0 Å². The third-order valence-corrected chi connectivity index (χ3v) is 3.49. The molecule has 0 bridgehead atoms. The number of carbonyl (C=O) groups is 2. The number of hydrogen-bond donors (Lipinski definition) is 2. The van der Waals surface area contributed by atoms with E-state index >= 15 is 0 Å². The third-order valence-electron chi connectivity index (χ3n) is 2.81. The summed E-state index contributed by atoms with van der Waals surface area (Å²) >= 11 is 1.09. The highest BCUT2D eigenvalue weighted by Crippen LogP contribution is 2.22. The lowest BCUT2D eigenvalue weighted by Crippen LogP contribution is -2.41. The summed E-state index contributed by atoms with van der Waals surface area (Å²) in [7, 11) is 0. The molecule has 3 N–H and O–H groups in total. The van der Waals surface area contributed by atoms with E-state index in [9.17, 15) is 9.59 Å². The summed E-state index contributed by atoms with van der Waals surface area (Å²) in [4.78, 5) is 23.9. The highest BCUT2D eigenvalue weighted by atomic mass is 32.2. The monoisotopic (exact) mass is 348 g/mol. The van der Waals surface area contributed by atoms with Gasteiger partial charge in [-0.25, -0.2) is 0 Å². The lowest BCUT2D eigenvalue weighted by molar-refractivity contribution is -0.169. The van der Waals surface area contributed by atoms with E-state index in [4.69, 9.17) is 25.4 Å². The second-order valence-corrected chi connectivity index (χ2v) is 7.17. The van der Waals surface area contributed by atoms with Gasteiger partial charge in [-0.1, -0.05) is 25.6 Å². The van der Waals surface area contributed by atoms with Crippen molar-refractivity contribution in [3.8, 4) is 0 Å². The molecule has 0 aliphatic carbocycles. The van der Waals surface area contributed by atoms with Gasteiger partial charge in [-0.3, -0.25) is 15.0 Å². The zero-order chi connectivity index (χ0) is 18.0. The summed E-state index contributed by atoms with van der Waals surface area (Å²) in [6, 6.07) is 0. The summed E-state index contributed by atoms with van der Waals surface area (Å²) in [5.74, 6) is -0.749. The van der Waals surface area contributed by atoms with Crippen molar-refractivity contribution in [2.75, 3.05) is 25.6 Å². The van der Waals surface area contributed by atoms with Gasteiger partial charge < -0.3 is 19.9 Å². The molecule has 0 saturated heterocycles. The molecule has 0 aliphatic rings. The first-order valence-electron chi connectivity index (χ1n) is 7.50. The third kappa shape index (κ3) is 9.45. The first kappa shape index (κ1) is 21.7. The molecule has 0 amide bonds. The van der Waals surface area contributed by atoms with Gasteiger partial charge in [0.25, 0.3) is 0 Å². The largest absolute Gasteiger partial charge is 0.464 e. The van der Waals surface area contributed by atoms with E-state index < -0.39 is 11.4 Å². The van der Waals surface area contributed by atoms with Gasteiger partial charge in [-0.2, -0.15) is 0 Å². The summed E-state index contributed by atoms with van der Waals surface area (Å²) < 4.78 is 15.9. The lowest BCUT2D eigenvalue weighted by atomic mass is 9.93. The molecule has 7 nitrogen and oxygen atoms in total. The standard InChI is InChI=1S/C15H28N2O5S/c1-10(2)12(18)22-9-15(5,8-21-11(3)4)13(19)20-6-7-23-14(16)17/h10-11H,6-9H2,1-5H3,(H3,16,17). The summed E-state index contributed by atoms with van der Waals surface area (Å²) in [6.07, 6.45) is -0.0591. The Morgan fingerprint density at radius 1 is 1.17 bits per heavy atom. The van der Waals surface area contributed by atoms with Crippen molar-refractivity contribution < 1.29 is 23.8 Å². The fourth-order valence-corrected chi connectivity index (χ4v) is 1.75. The minimum atomic E-state index is -1.07. The number of carbonyl (C=O) groups excluding carboxylic acids is 2. The van der Waals surface area contributed by atoms with Crippen LogP contribution in [0.2, 0.25) is 0 Å². The molecule has 0 radical (unpaired) electrons. The normalized spacial score (nSPS) is 13.7. The summed E-state index contributed by atoms with van der Waals surface area (Å²) in [5.41, 5.74) is 4.14. The first-order chi connectivity index (χ1) is 10.6. The molecular formula is C15H28N2O5S. The van der Waals surface area contributed by atoms with Gasteiger partial charge in [0.1, 0.15) is 18.6 Å². The number of nitrogens with two attached hydrogens (primary N) is 1. The van der Waals surface area contributed by atoms with Crippen LogP contribution in [0.1, 0.15) is 34.6 Å². The Hall–Kier alpha value is -1.28. The maximum Gasteiger partial charge on any atom is 0.317 e. The average Bonchev–Trinajstić information content (AvgIpc) is 2.46. The van der Waals surface area contributed by atoms with Gasteiger partial charge in [0.15, 0.2) is 5.17 Å². The Kier molecular flexibility index (Phi) is 9.90. The Morgan fingerprint density at radius 2 is 1.78 bits per heavy atom. The van der Waals surface area contributed by atoms with Crippen LogP contribution in [-0.4, -0.2) is 48.8 Å². The summed E-state index contributed by atoms with van der Waals surface area (Å²) in [6.45, 7) is 8.92. The van der Waals surface area contributed by atoms with Crippen molar-refractivity contribution in [1.29, 1.82) is 5.41 Å². The highest BCUT2D eigenvalue weighted by molar-refractivity contribution is 8.13. The SMILES string of the molecule is CC(C)OCC(C)(COC(=O)C(C)C)C(=O)OCCSC(=N)N. The van der Waals surface area contributed by atoms with E-state index in [0.717, 1.165) is 11.8 Å². The van der Waals surface area contributed by atoms with Gasteiger partial charge >= 0.3 is 11.9 Å². The first-order valence-corrected chi connectivity index (χ1v) is 8.49. The van der Waals surface area contributed by atoms with Crippen LogP contribution in [0.15, 0.2) is 0 Å². The van der Waals surface area contributed by atoms with E-state index in [1.54, 1.807) is 20.8 Å². The maximum absolute atomic E-state index is 12.3. The molecule has 0 aromatic carbocycles. The van der Waals surface area contributed by atoms with Crippen molar-refractivity contribution in [2.24, 2.45) is 17.1 Å². The fraction of sp³-hybridized carbons (Fsp3) is 0.800. The van der Waals surface area contributed by atoms with Gasteiger partial charge in [0.05, 0.1) is 18.6 Å².